The van der Waals surface area contributed by atoms with Crippen LogP contribution in [0, 0.1) is 0 Å². The van der Waals surface area contributed by atoms with Gasteiger partial charge in [0.2, 0.25) is 11.8 Å². The van der Waals surface area contributed by atoms with Crippen LogP contribution in [0.4, 0.5) is 5.69 Å². The van der Waals surface area contributed by atoms with Crippen molar-refractivity contribution in [1.29, 1.82) is 0 Å². The van der Waals surface area contributed by atoms with Crippen LogP contribution in [0.5, 0.6) is 11.6 Å². The predicted molar refractivity (Wildman–Crippen MR) is 79.1 cm³/mol. The summed E-state index contributed by atoms with van der Waals surface area (Å²) in [6, 6.07) is 11.5. The van der Waals surface area contributed by atoms with Gasteiger partial charge < -0.3 is 10.1 Å². The number of hydrogen-bond donors (Lipinski definition) is 1. The smallest absolute Gasteiger partial charge is 0.221 e. The molecule has 0 spiro atoms. The second kappa shape index (κ2) is 6.70. The van der Waals surface area contributed by atoms with Gasteiger partial charge in [0.05, 0.1) is 11.9 Å². The van der Waals surface area contributed by atoms with Crippen LogP contribution in [0.1, 0.15) is 25.8 Å². The Bertz CT molecular complexity index is 579. The minimum atomic E-state index is -0.117. The standard InChI is InChI=1S/C16H18N2O2/c1-3-6-13-7-4-5-8-15(13)20-16-10-9-14(11-17-16)18-12(2)19/h4-5,7-11H,3,6H2,1-2H3,(H,18,19). The van der Waals surface area contributed by atoms with Crippen molar-refractivity contribution in [1.82, 2.24) is 4.98 Å². The molecular weight excluding hydrogens is 252 g/mol. The summed E-state index contributed by atoms with van der Waals surface area (Å²) < 4.78 is 5.80. The largest absolute Gasteiger partial charge is 0.439 e. The lowest BCUT2D eigenvalue weighted by atomic mass is 10.1. The summed E-state index contributed by atoms with van der Waals surface area (Å²) in [4.78, 5) is 15.1. The molecule has 20 heavy (non-hydrogen) atoms. The third kappa shape index (κ3) is 3.82. The number of benzene rings is 1. The van der Waals surface area contributed by atoms with Crippen LogP contribution in [0.25, 0.3) is 0 Å². The molecule has 0 aliphatic rings. The molecule has 1 N–H and O–H groups in total. The van der Waals surface area contributed by atoms with Crippen LogP contribution in [0.15, 0.2) is 42.6 Å². The number of amides is 1. The van der Waals surface area contributed by atoms with Crippen molar-refractivity contribution in [2.24, 2.45) is 0 Å². The highest BCUT2D eigenvalue weighted by atomic mass is 16.5. The van der Waals surface area contributed by atoms with E-state index < -0.39 is 0 Å². The monoisotopic (exact) mass is 270 g/mol. The number of nitrogens with one attached hydrogen (secondary N) is 1. The number of aryl methyl sites for hydroxylation is 1. The van der Waals surface area contributed by atoms with E-state index in [0.717, 1.165) is 18.6 Å². The molecule has 0 atom stereocenters. The highest BCUT2D eigenvalue weighted by Crippen LogP contribution is 2.25. The number of para-hydroxylation sites is 1. The zero-order chi connectivity index (χ0) is 14.4. The van der Waals surface area contributed by atoms with E-state index in [4.69, 9.17) is 4.74 Å². The number of rotatable bonds is 5. The summed E-state index contributed by atoms with van der Waals surface area (Å²) >= 11 is 0. The highest BCUT2D eigenvalue weighted by molar-refractivity contribution is 5.88. The van der Waals surface area contributed by atoms with E-state index >= 15 is 0 Å². The molecule has 0 saturated carbocycles. The first kappa shape index (κ1) is 14.1. The number of carbonyl (C=O) groups is 1. The summed E-state index contributed by atoms with van der Waals surface area (Å²) in [5.41, 5.74) is 1.83. The lowest BCUT2D eigenvalue weighted by Crippen LogP contribution is -2.05. The molecule has 4 nitrogen and oxygen atoms in total. The first-order chi connectivity index (χ1) is 9.69. The SMILES string of the molecule is CCCc1ccccc1Oc1ccc(NC(C)=O)cn1. The zero-order valence-electron chi connectivity index (χ0n) is 11.7. The Morgan fingerprint density at radius 2 is 2.05 bits per heavy atom. The van der Waals surface area contributed by atoms with E-state index in [1.165, 1.54) is 12.5 Å². The molecule has 1 heterocycles. The number of ether oxygens (including phenoxy) is 1. The van der Waals surface area contributed by atoms with Crippen LogP contribution < -0.4 is 10.1 Å². The van der Waals surface area contributed by atoms with Gasteiger partial charge in [0.1, 0.15) is 5.75 Å². The van der Waals surface area contributed by atoms with Crippen molar-refractivity contribution in [3.8, 4) is 11.6 Å². The minimum absolute atomic E-state index is 0.117. The summed E-state index contributed by atoms with van der Waals surface area (Å²) in [6.07, 6.45) is 3.62. The topological polar surface area (TPSA) is 51.2 Å². The number of nitrogens with zero attached hydrogens (tertiary/aromatic N) is 1. The molecule has 0 saturated heterocycles. The van der Waals surface area contributed by atoms with E-state index in [2.05, 4.69) is 23.3 Å². The summed E-state index contributed by atoms with van der Waals surface area (Å²) in [7, 11) is 0. The Labute approximate surface area is 118 Å². The van der Waals surface area contributed by atoms with Crippen LogP contribution in [0.2, 0.25) is 0 Å². The molecule has 0 aliphatic heterocycles. The molecule has 4 heteroatoms. The quantitative estimate of drug-likeness (QED) is 0.899. The average Bonchev–Trinajstić information content (AvgIpc) is 2.43. The number of hydrogen-bond acceptors (Lipinski definition) is 3. The lowest BCUT2D eigenvalue weighted by Gasteiger charge is -2.10. The average molecular weight is 270 g/mol. The van der Waals surface area contributed by atoms with Gasteiger partial charge in [-0.1, -0.05) is 31.5 Å². The van der Waals surface area contributed by atoms with E-state index in [1.807, 2.05) is 18.2 Å². The van der Waals surface area contributed by atoms with E-state index in [0.29, 0.717) is 11.6 Å². The molecule has 0 bridgehead atoms. The van der Waals surface area contributed by atoms with Crippen molar-refractivity contribution >= 4 is 11.6 Å². The molecule has 0 radical (unpaired) electrons. The van der Waals surface area contributed by atoms with Gasteiger partial charge in [0, 0.05) is 13.0 Å². The minimum Gasteiger partial charge on any atom is -0.439 e. The van der Waals surface area contributed by atoms with E-state index in [9.17, 15) is 4.79 Å². The Balaban J connectivity index is 2.12. The fourth-order valence-electron chi connectivity index (χ4n) is 1.91. The molecule has 0 fully saturated rings. The maximum atomic E-state index is 10.9. The Morgan fingerprint density at radius 3 is 2.70 bits per heavy atom. The fraction of sp³-hybridized carbons (Fsp3) is 0.250. The summed E-state index contributed by atoms with van der Waals surface area (Å²) in [6.45, 7) is 3.60. The van der Waals surface area contributed by atoms with Gasteiger partial charge in [0.25, 0.3) is 0 Å². The Kier molecular flexibility index (Phi) is 4.71. The molecule has 2 aromatic rings. The molecule has 0 unspecified atom stereocenters. The van der Waals surface area contributed by atoms with Gasteiger partial charge in [-0.15, -0.1) is 0 Å². The van der Waals surface area contributed by atoms with Gasteiger partial charge in [0.15, 0.2) is 0 Å². The van der Waals surface area contributed by atoms with Crippen molar-refractivity contribution in [3.63, 3.8) is 0 Å². The Morgan fingerprint density at radius 1 is 1.25 bits per heavy atom. The van der Waals surface area contributed by atoms with Gasteiger partial charge in [-0.25, -0.2) is 4.98 Å². The van der Waals surface area contributed by atoms with Crippen molar-refractivity contribution in [2.75, 3.05) is 5.32 Å². The molecule has 1 aromatic carbocycles. The van der Waals surface area contributed by atoms with Crippen LogP contribution in [0.3, 0.4) is 0 Å². The van der Waals surface area contributed by atoms with Gasteiger partial charge in [-0.3, -0.25) is 4.79 Å². The van der Waals surface area contributed by atoms with Crippen molar-refractivity contribution in [3.05, 3.63) is 48.2 Å². The molecule has 0 aliphatic carbocycles. The van der Waals surface area contributed by atoms with E-state index in [-0.39, 0.29) is 5.91 Å². The van der Waals surface area contributed by atoms with Gasteiger partial charge in [-0.05, 0) is 24.1 Å². The molecular formula is C16H18N2O2. The number of pyridine rings is 1. The summed E-state index contributed by atoms with van der Waals surface area (Å²) in [5, 5.41) is 2.67. The second-order valence-electron chi connectivity index (χ2n) is 4.53. The van der Waals surface area contributed by atoms with Crippen molar-refractivity contribution < 1.29 is 9.53 Å². The lowest BCUT2D eigenvalue weighted by molar-refractivity contribution is -0.114. The second-order valence-corrected chi connectivity index (χ2v) is 4.53. The molecule has 2 rings (SSSR count). The maximum Gasteiger partial charge on any atom is 0.221 e. The predicted octanol–water partition coefficient (Wildman–Crippen LogP) is 3.78. The third-order valence-corrected chi connectivity index (χ3v) is 2.76. The molecule has 104 valence electrons. The number of carbonyl (C=O) groups excluding carboxylic acids is 1. The van der Waals surface area contributed by atoms with Crippen LogP contribution in [-0.2, 0) is 11.2 Å². The van der Waals surface area contributed by atoms with Crippen LogP contribution in [-0.4, -0.2) is 10.9 Å². The normalized spacial score (nSPS) is 10.1. The number of aromatic nitrogens is 1. The van der Waals surface area contributed by atoms with Gasteiger partial charge >= 0.3 is 0 Å². The maximum absolute atomic E-state index is 10.9. The van der Waals surface area contributed by atoms with Gasteiger partial charge in [-0.2, -0.15) is 0 Å². The third-order valence-electron chi connectivity index (χ3n) is 2.76. The van der Waals surface area contributed by atoms with Crippen molar-refractivity contribution in [2.45, 2.75) is 26.7 Å². The fourth-order valence-corrected chi connectivity index (χ4v) is 1.91. The first-order valence-electron chi connectivity index (χ1n) is 6.68. The first-order valence-corrected chi connectivity index (χ1v) is 6.68. The molecule has 1 amide bonds. The Hall–Kier alpha value is -2.36. The number of anilines is 1. The summed E-state index contributed by atoms with van der Waals surface area (Å²) in [5.74, 6) is 1.23. The van der Waals surface area contributed by atoms with E-state index in [1.54, 1.807) is 18.3 Å². The van der Waals surface area contributed by atoms with Crippen LogP contribution >= 0.6 is 0 Å². The highest BCUT2D eigenvalue weighted by Gasteiger charge is 2.05. The zero-order valence-corrected chi connectivity index (χ0v) is 11.7. The molecule has 1 aromatic heterocycles.